The molecule has 168 valence electrons. The number of aromatic nitrogens is 2. The second-order valence-corrected chi connectivity index (χ2v) is 10.0. The Labute approximate surface area is 197 Å². The zero-order valence-corrected chi connectivity index (χ0v) is 19.5. The van der Waals surface area contributed by atoms with E-state index in [1.54, 1.807) is 16.9 Å². The van der Waals surface area contributed by atoms with Crippen LogP contribution < -0.4 is 10.6 Å². The number of hydrogen-bond acceptors (Lipinski definition) is 4. The van der Waals surface area contributed by atoms with Crippen molar-refractivity contribution in [3.63, 3.8) is 0 Å². The number of fused-ring (bicyclic) bond motifs is 1. The summed E-state index contributed by atoms with van der Waals surface area (Å²) in [6, 6.07) is 14.7. The molecule has 0 radical (unpaired) electrons. The Hall–Kier alpha value is -3.38. The van der Waals surface area contributed by atoms with Gasteiger partial charge in [0.25, 0.3) is 5.91 Å². The highest BCUT2D eigenvalue weighted by Gasteiger charge is 2.42. The van der Waals surface area contributed by atoms with Crippen LogP contribution in [-0.4, -0.2) is 21.5 Å². The SMILES string of the molecule is Cc1ccc(NC(=O)c2cnn3c2NC2=C(C(=O)CC(C)(C)C2)[C@H]3c2cccc(Cl)c2)cc1. The number of carbonyl (C=O) groups excluding carboxylic acids is 2. The summed E-state index contributed by atoms with van der Waals surface area (Å²) in [5.74, 6) is 0.405. The summed E-state index contributed by atoms with van der Waals surface area (Å²) in [6.07, 6.45) is 2.72. The van der Waals surface area contributed by atoms with Crippen molar-refractivity contribution in [2.45, 2.75) is 39.7 Å². The van der Waals surface area contributed by atoms with Gasteiger partial charge >= 0.3 is 0 Å². The van der Waals surface area contributed by atoms with Crippen molar-refractivity contribution in [2.75, 3.05) is 10.6 Å². The van der Waals surface area contributed by atoms with Crippen LogP contribution in [0.4, 0.5) is 11.5 Å². The van der Waals surface area contributed by atoms with E-state index in [-0.39, 0.29) is 17.1 Å². The summed E-state index contributed by atoms with van der Waals surface area (Å²) < 4.78 is 1.73. The van der Waals surface area contributed by atoms with Gasteiger partial charge in [-0.1, -0.05) is 55.3 Å². The molecule has 2 N–H and O–H groups in total. The number of Topliss-reactive ketones (excluding diaryl/α,β-unsaturated/α-hetero) is 1. The summed E-state index contributed by atoms with van der Waals surface area (Å²) in [7, 11) is 0. The van der Waals surface area contributed by atoms with Crippen LogP contribution in [0.3, 0.4) is 0 Å². The van der Waals surface area contributed by atoms with Crippen LogP contribution in [0.1, 0.15) is 54.2 Å². The largest absolute Gasteiger partial charge is 0.343 e. The molecule has 1 aliphatic heterocycles. The van der Waals surface area contributed by atoms with E-state index in [1.165, 1.54) is 0 Å². The van der Waals surface area contributed by atoms with Gasteiger partial charge in [-0.25, -0.2) is 4.68 Å². The smallest absolute Gasteiger partial charge is 0.261 e. The molecular weight excluding hydrogens is 436 g/mol. The molecule has 1 atom stereocenters. The van der Waals surface area contributed by atoms with E-state index >= 15 is 0 Å². The predicted octanol–water partition coefficient (Wildman–Crippen LogP) is 5.76. The number of rotatable bonds is 3. The summed E-state index contributed by atoms with van der Waals surface area (Å²) >= 11 is 6.29. The number of aryl methyl sites for hydroxylation is 1. The molecule has 33 heavy (non-hydrogen) atoms. The molecule has 2 aliphatic rings. The van der Waals surface area contributed by atoms with Crippen LogP contribution >= 0.6 is 11.6 Å². The summed E-state index contributed by atoms with van der Waals surface area (Å²) in [6.45, 7) is 6.17. The Kier molecular flexibility index (Phi) is 5.13. The van der Waals surface area contributed by atoms with Gasteiger partial charge in [-0.05, 0) is 48.6 Å². The lowest BCUT2D eigenvalue weighted by Gasteiger charge is -2.39. The van der Waals surface area contributed by atoms with E-state index in [0.29, 0.717) is 40.5 Å². The number of carbonyl (C=O) groups is 2. The predicted molar refractivity (Wildman–Crippen MR) is 130 cm³/mol. The van der Waals surface area contributed by atoms with Gasteiger partial charge in [0, 0.05) is 28.4 Å². The van der Waals surface area contributed by atoms with Crippen LogP contribution in [-0.2, 0) is 4.79 Å². The quantitative estimate of drug-likeness (QED) is 0.521. The molecule has 6 nitrogen and oxygen atoms in total. The number of halogens is 1. The number of allylic oxidation sites excluding steroid dienone is 2. The fourth-order valence-corrected chi connectivity index (χ4v) is 4.90. The van der Waals surface area contributed by atoms with Crippen molar-refractivity contribution in [3.05, 3.63) is 87.7 Å². The molecule has 3 aromatic rings. The van der Waals surface area contributed by atoms with Gasteiger partial charge in [0.05, 0.1) is 6.20 Å². The number of amides is 1. The molecule has 0 saturated heterocycles. The van der Waals surface area contributed by atoms with Crippen LogP contribution in [0.5, 0.6) is 0 Å². The second kappa shape index (κ2) is 7.89. The lowest BCUT2D eigenvalue weighted by atomic mass is 9.73. The third-order valence-corrected chi connectivity index (χ3v) is 6.46. The first-order chi connectivity index (χ1) is 15.7. The zero-order chi connectivity index (χ0) is 23.3. The average molecular weight is 461 g/mol. The van der Waals surface area contributed by atoms with E-state index in [4.69, 9.17) is 11.6 Å². The highest BCUT2D eigenvalue weighted by molar-refractivity contribution is 6.30. The minimum Gasteiger partial charge on any atom is -0.343 e. The lowest BCUT2D eigenvalue weighted by molar-refractivity contribution is -0.118. The number of nitrogens with zero attached hydrogens (tertiary/aromatic N) is 2. The first-order valence-electron chi connectivity index (χ1n) is 11.0. The van der Waals surface area contributed by atoms with Crippen molar-refractivity contribution in [2.24, 2.45) is 5.41 Å². The van der Waals surface area contributed by atoms with Crippen LogP contribution in [0.25, 0.3) is 0 Å². The monoisotopic (exact) mass is 460 g/mol. The standard InChI is InChI=1S/C26H25ClN4O2/c1-15-7-9-18(10-8-15)29-25(33)19-14-28-31-23(16-5-4-6-17(27)11-16)22-20(30-24(19)31)12-26(2,3)13-21(22)32/h4-11,14,23,30H,12-13H2,1-3H3,(H,29,33)/t23-/m1/s1. The number of nitrogens with one attached hydrogen (secondary N) is 2. The van der Waals surface area contributed by atoms with Gasteiger partial charge < -0.3 is 10.6 Å². The van der Waals surface area contributed by atoms with Gasteiger partial charge in [0.1, 0.15) is 17.4 Å². The Morgan fingerprint density at radius 1 is 1.18 bits per heavy atom. The normalized spacial score (nSPS) is 18.9. The van der Waals surface area contributed by atoms with E-state index in [1.807, 2.05) is 49.4 Å². The first kappa shape index (κ1) is 21.5. The zero-order valence-electron chi connectivity index (χ0n) is 18.8. The summed E-state index contributed by atoms with van der Waals surface area (Å²) in [4.78, 5) is 26.5. The molecular formula is C26H25ClN4O2. The minimum absolute atomic E-state index is 0.0885. The summed E-state index contributed by atoms with van der Waals surface area (Å²) in [5.41, 5.74) is 4.47. The van der Waals surface area contributed by atoms with Crippen LogP contribution in [0.2, 0.25) is 5.02 Å². The minimum atomic E-state index is -0.445. The fourth-order valence-electron chi connectivity index (χ4n) is 4.70. The second-order valence-electron chi connectivity index (χ2n) is 9.59. The average Bonchev–Trinajstić information content (AvgIpc) is 3.16. The third-order valence-electron chi connectivity index (χ3n) is 6.22. The first-order valence-corrected chi connectivity index (χ1v) is 11.3. The topological polar surface area (TPSA) is 76.0 Å². The Morgan fingerprint density at radius 3 is 2.67 bits per heavy atom. The van der Waals surface area contributed by atoms with Crippen molar-refractivity contribution in [1.29, 1.82) is 0 Å². The van der Waals surface area contributed by atoms with E-state index in [9.17, 15) is 9.59 Å². The maximum atomic E-state index is 13.3. The van der Waals surface area contributed by atoms with Crippen molar-refractivity contribution in [3.8, 4) is 0 Å². The number of ketones is 1. The summed E-state index contributed by atoms with van der Waals surface area (Å²) in [5, 5.41) is 11.5. The highest BCUT2D eigenvalue weighted by Crippen LogP contribution is 2.46. The van der Waals surface area contributed by atoms with Crippen molar-refractivity contribution < 1.29 is 9.59 Å². The fraction of sp³-hybridized carbons (Fsp3) is 0.269. The van der Waals surface area contributed by atoms with Gasteiger partial charge in [0.2, 0.25) is 0 Å². The van der Waals surface area contributed by atoms with E-state index in [0.717, 1.165) is 16.8 Å². The van der Waals surface area contributed by atoms with Crippen molar-refractivity contribution in [1.82, 2.24) is 9.78 Å². The maximum absolute atomic E-state index is 13.3. The number of anilines is 2. The highest BCUT2D eigenvalue weighted by atomic mass is 35.5. The molecule has 2 aromatic carbocycles. The Balaban J connectivity index is 1.59. The Morgan fingerprint density at radius 2 is 1.94 bits per heavy atom. The molecule has 0 bridgehead atoms. The van der Waals surface area contributed by atoms with Crippen LogP contribution in [0, 0.1) is 12.3 Å². The molecule has 0 saturated carbocycles. The molecule has 7 heteroatoms. The molecule has 0 unspecified atom stereocenters. The number of hydrogen-bond donors (Lipinski definition) is 2. The molecule has 5 rings (SSSR count). The van der Waals surface area contributed by atoms with Gasteiger partial charge in [0.15, 0.2) is 5.78 Å². The molecule has 1 aliphatic carbocycles. The lowest BCUT2D eigenvalue weighted by Crippen LogP contribution is -2.37. The molecule has 1 aromatic heterocycles. The Bertz CT molecular complexity index is 1300. The van der Waals surface area contributed by atoms with Gasteiger partial charge in [-0.2, -0.15) is 5.10 Å². The third kappa shape index (κ3) is 3.95. The molecule has 0 spiro atoms. The van der Waals surface area contributed by atoms with E-state index < -0.39 is 6.04 Å². The maximum Gasteiger partial charge on any atom is 0.261 e. The van der Waals surface area contributed by atoms with Gasteiger partial charge in [-0.3, -0.25) is 9.59 Å². The molecule has 0 fully saturated rings. The van der Waals surface area contributed by atoms with Crippen LogP contribution in [0.15, 0.2) is 66.0 Å². The van der Waals surface area contributed by atoms with E-state index in [2.05, 4.69) is 29.6 Å². The van der Waals surface area contributed by atoms with Gasteiger partial charge in [-0.15, -0.1) is 0 Å². The number of benzene rings is 2. The molecule has 1 amide bonds. The molecule has 2 heterocycles. The van der Waals surface area contributed by atoms with Crippen molar-refractivity contribution >= 4 is 34.8 Å².